The third kappa shape index (κ3) is 4.03. The van der Waals surface area contributed by atoms with Gasteiger partial charge in [0.15, 0.2) is 0 Å². The molecular formula is C17H19F3N4O3S. The molecule has 1 aliphatic rings. The molecule has 11 heteroatoms. The fourth-order valence-corrected chi connectivity index (χ4v) is 4.18. The summed E-state index contributed by atoms with van der Waals surface area (Å²) in [6.07, 6.45) is -2.22. The Kier molecular flexibility index (Phi) is 5.22. The highest BCUT2D eigenvalue weighted by atomic mass is 32.1. The highest BCUT2D eigenvalue weighted by Crippen LogP contribution is 2.46. The monoisotopic (exact) mass is 416 g/mol. The van der Waals surface area contributed by atoms with Crippen molar-refractivity contribution in [2.45, 2.75) is 52.4 Å². The Hall–Kier alpha value is -2.43. The molecule has 1 N–H and O–H groups in total. The second-order valence-corrected chi connectivity index (χ2v) is 8.31. The van der Waals surface area contributed by atoms with E-state index in [9.17, 15) is 27.6 Å². The van der Waals surface area contributed by atoms with Crippen LogP contribution in [0.1, 0.15) is 36.6 Å². The van der Waals surface area contributed by atoms with E-state index in [0.717, 1.165) is 33.3 Å². The summed E-state index contributed by atoms with van der Waals surface area (Å²) in [5.74, 6) is 0. The Morgan fingerprint density at radius 1 is 1.29 bits per heavy atom. The molecule has 0 saturated heterocycles. The molecule has 7 nitrogen and oxygen atoms in total. The highest BCUT2D eigenvalue weighted by molar-refractivity contribution is 7.20. The minimum absolute atomic E-state index is 0.179. The lowest BCUT2D eigenvalue weighted by Crippen LogP contribution is -2.41. The number of alkyl halides is 3. The van der Waals surface area contributed by atoms with Crippen molar-refractivity contribution in [2.24, 2.45) is 10.5 Å². The van der Waals surface area contributed by atoms with Crippen molar-refractivity contribution in [3.05, 3.63) is 31.3 Å². The molecule has 1 fully saturated rings. The predicted octanol–water partition coefficient (Wildman–Crippen LogP) is 2.37. The number of rotatable bonds is 7. The Labute approximate surface area is 161 Å². The molecule has 2 heterocycles. The first kappa shape index (κ1) is 20.3. The third-order valence-electron chi connectivity index (χ3n) is 4.90. The number of halogens is 3. The van der Waals surface area contributed by atoms with Crippen LogP contribution in [0.15, 0.2) is 14.7 Å². The predicted molar refractivity (Wildman–Crippen MR) is 99.9 cm³/mol. The first-order chi connectivity index (χ1) is 13.1. The van der Waals surface area contributed by atoms with Crippen molar-refractivity contribution in [3.63, 3.8) is 0 Å². The number of aromatic nitrogens is 2. The Morgan fingerprint density at radius 2 is 1.96 bits per heavy atom. The minimum Gasteiger partial charge on any atom is -0.284 e. The van der Waals surface area contributed by atoms with E-state index in [0.29, 0.717) is 16.9 Å². The van der Waals surface area contributed by atoms with E-state index < -0.39 is 30.4 Å². The highest BCUT2D eigenvalue weighted by Gasteiger charge is 2.39. The van der Waals surface area contributed by atoms with Crippen molar-refractivity contribution in [2.75, 3.05) is 0 Å². The molecule has 0 bridgehead atoms. The summed E-state index contributed by atoms with van der Waals surface area (Å²) in [7, 11) is 0. The van der Waals surface area contributed by atoms with Crippen LogP contribution in [-0.4, -0.2) is 27.9 Å². The summed E-state index contributed by atoms with van der Waals surface area (Å²) in [6.45, 7) is 3.19. The van der Waals surface area contributed by atoms with Crippen LogP contribution >= 0.6 is 11.3 Å². The van der Waals surface area contributed by atoms with Crippen LogP contribution in [0.4, 0.5) is 13.2 Å². The lowest BCUT2D eigenvalue weighted by atomic mass is 10.1. The van der Waals surface area contributed by atoms with E-state index in [1.54, 1.807) is 6.92 Å². The maximum atomic E-state index is 13.0. The molecule has 0 radical (unpaired) electrons. The second kappa shape index (κ2) is 7.19. The topological polar surface area (TPSA) is 85.5 Å². The van der Waals surface area contributed by atoms with Gasteiger partial charge in [0.25, 0.3) is 5.56 Å². The van der Waals surface area contributed by atoms with Gasteiger partial charge in [0, 0.05) is 13.1 Å². The quantitative estimate of drug-likeness (QED) is 0.427. The van der Waals surface area contributed by atoms with Crippen LogP contribution in [0.25, 0.3) is 10.2 Å². The van der Waals surface area contributed by atoms with Crippen molar-refractivity contribution in [1.29, 1.82) is 0 Å². The van der Waals surface area contributed by atoms with Gasteiger partial charge in [-0.1, -0.05) is 6.92 Å². The Bertz CT molecular complexity index is 1060. The molecule has 0 atom stereocenters. The molecule has 28 heavy (non-hydrogen) atoms. The lowest BCUT2D eigenvalue weighted by Gasteiger charge is -2.15. The molecule has 0 aromatic carbocycles. The molecule has 3 rings (SSSR count). The second-order valence-electron chi connectivity index (χ2n) is 7.28. The van der Waals surface area contributed by atoms with Gasteiger partial charge in [-0.15, -0.1) is 11.3 Å². The van der Waals surface area contributed by atoms with Gasteiger partial charge >= 0.3 is 11.9 Å². The smallest absolute Gasteiger partial charge is 0.284 e. The Morgan fingerprint density at radius 3 is 2.54 bits per heavy atom. The van der Waals surface area contributed by atoms with Gasteiger partial charge in [-0.25, -0.2) is 10.2 Å². The summed E-state index contributed by atoms with van der Waals surface area (Å²) in [5, 5.41) is 3.88. The van der Waals surface area contributed by atoms with E-state index >= 15 is 0 Å². The standard InChI is InChI=1S/C17H19F3N4O3S/c1-10-11(7-21-22-9-25)28-14-12(10)13(26)24(8-16(2)3-4-16)15(27)23(14)6-5-17(18,19)20/h7,9H,3-6,8H2,1-2H3,(H,22,25)/b21-7+. The van der Waals surface area contributed by atoms with Crippen molar-refractivity contribution in [3.8, 4) is 0 Å². The number of hydrazone groups is 1. The van der Waals surface area contributed by atoms with Gasteiger partial charge < -0.3 is 0 Å². The van der Waals surface area contributed by atoms with E-state index in [4.69, 9.17) is 0 Å². The number of hydrogen-bond donors (Lipinski definition) is 1. The van der Waals surface area contributed by atoms with Crippen LogP contribution in [0.3, 0.4) is 0 Å². The molecular weight excluding hydrogens is 397 g/mol. The fourth-order valence-electron chi connectivity index (χ4n) is 2.99. The molecule has 1 aliphatic carbocycles. The minimum atomic E-state index is -4.43. The summed E-state index contributed by atoms with van der Waals surface area (Å²) in [6, 6.07) is 0. The molecule has 1 amide bonds. The lowest BCUT2D eigenvalue weighted by molar-refractivity contribution is -0.136. The van der Waals surface area contributed by atoms with Gasteiger partial charge in [0.05, 0.1) is 22.9 Å². The first-order valence-electron chi connectivity index (χ1n) is 8.62. The number of thiophene rings is 1. The number of nitrogens with zero attached hydrogens (tertiary/aromatic N) is 3. The van der Waals surface area contributed by atoms with Crippen LogP contribution in [-0.2, 0) is 17.9 Å². The zero-order chi connectivity index (χ0) is 20.7. The molecule has 0 unspecified atom stereocenters. The number of carbonyl (C=O) groups is 1. The van der Waals surface area contributed by atoms with Crippen LogP contribution < -0.4 is 16.7 Å². The summed E-state index contributed by atoms with van der Waals surface area (Å²) >= 11 is 0.999. The van der Waals surface area contributed by atoms with E-state index in [-0.39, 0.29) is 22.2 Å². The van der Waals surface area contributed by atoms with Gasteiger partial charge in [-0.3, -0.25) is 18.7 Å². The van der Waals surface area contributed by atoms with Crippen molar-refractivity contribution >= 4 is 34.2 Å². The van der Waals surface area contributed by atoms with Gasteiger partial charge in [-0.05, 0) is 30.7 Å². The third-order valence-corrected chi connectivity index (χ3v) is 6.15. The van der Waals surface area contributed by atoms with Crippen molar-refractivity contribution < 1.29 is 18.0 Å². The normalized spacial score (nSPS) is 16.0. The number of amides is 1. The zero-order valence-electron chi connectivity index (χ0n) is 15.3. The van der Waals surface area contributed by atoms with E-state index in [1.807, 2.05) is 6.92 Å². The van der Waals surface area contributed by atoms with Crippen molar-refractivity contribution in [1.82, 2.24) is 14.6 Å². The average molecular weight is 416 g/mol. The SMILES string of the molecule is Cc1c(/C=N/NC=O)sc2c1c(=O)n(CC1(C)CC1)c(=O)n2CCC(F)(F)F. The number of aryl methyl sites for hydroxylation is 2. The number of nitrogens with one attached hydrogen (secondary N) is 1. The van der Waals surface area contributed by atoms with Crippen LogP contribution in [0.2, 0.25) is 0 Å². The van der Waals surface area contributed by atoms with Gasteiger partial charge in [-0.2, -0.15) is 18.3 Å². The summed E-state index contributed by atoms with van der Waals surface area (Å²) < 4.78 is 40.4. The molecule has 0 aliphatic heterocycles. The van der Waals surface area contributed by atoms with E-state index in [1.165, 1.54) is 6.21 Å². The number of carbonyl (C=O) groups excluding carboxylic acids is 1. The largest absolute Gasteiger partial charge is 0.390 e. The maximum absolute atomic E-state index is 13.0. The molecule has 1 saturated carbocycles. The zero-order valence-corrected chi connectivity index (χ0v) is 16.1. The molecule has 0 spiro atoms. The van der Waals surface area contributed by atoms with Crippen LogP contribution in [0, 0.1) is 12.3 Å². The first-order valence-corrected chi connectivity index (χ1v) is 9.44. The number of fused-ring (bicyclic) bond motifs is 1. The summed E-state index contributed by atoms with van der Waals surface area (Å²) in [5.41, 5.74) is 1.19. The van der Waals surface area contributed by atoms with Gasteiger partial charge in [0.2, 0.25) is 6.41 Å². The van der Waals surface area contributed by atoms with E-state index in [2.05, 4.69) is 10.5 Å². The maximum Gasteiger partial charge on any atom is 0.390 e. The summed E-state index contributed by atoms with van der Waals surface area (Å²) in [4.78, 5) is 36.9. The molecule has 2 aromatic heterocycles. The fraction of sp³-hybridized carbons (Fsp3) is 0.529. The van der Waals surface area contributed by atoms with Crippen LogP contribution in [0.5, 0.6) is 0 Å². The molecule has 2 aromatic rings. The Balaban J connectivity index is 2.21. The number of hydrogen-bond acceptors (Lipinski definition) is 5. The average Bonchev–Trinajstić information content (AvgIpc) is 3.24. The van der Waals surface area contributed by atoms with Gasteiger partial charge in [0.1, 0.15) is 4.83 Å². The molecule has 152 valence electrons.